The zero-order valence-electron chi connectivity index (χ0n) is 16.5. The number of carbonyl (C=O) groups is 1. The van der Waals surface area contributed by atoms with E-state index in [0.717, 1.165) is 44.9 Å². The predicted molar refractivity (Wildman–Crippen MR) is 116 cm³/mol. The minimum atomic E-state index is 0.0257. The highest BCUT2D eigenvalue weighted by molar-refractivity contribution is 6.30. The summed E-state index contributed by atoms with van der Waals surface area (Å²) in [6.07, 6.45) is 3.50. The van der Waals surface area contributed by atoms with Crippen molar-refractivity contribution in [2.24, 2.45) is 0 Å². The first-order chi connectivity index (χ1) is 14.7. The van der Waals surface area contributed by atoms with Crippen LogP contribution in [0.5, 0.6) is 5.75 Å². The lowest BCUT2D eigenvalue weighted by atomic mass is 9.97. The number of H-pyrrole nitrogens is 1. The molecule has 1 aliphatic heterocycles. The average molecular weight is 396 g/mol. The number of hydrogen-bond acceptors (Lipinski definition) is 4. The topological polar surface area (TPSA) is 71.1 Å². The van der Waals surface area contributed by atoms with Crippen LogP contribution >= 0.6 is 0 Å². The molecule has 0 saturated carbocycles. The van der Waals surface area contributed by atoms with Gasteiger partial charge in [-0.15, -0.1) is 0 Å². The first-order valence-electron chi connectivity index (χ1n) is 9.75. The number of carbonyl (C=O) groups excluding carboxylic acids is 1. The molecule has 6 nitrogen and oxygen atoms in total. The molecule has 6 heteroatoms. The maximum Gasteiger partial charge on any atom is 0.254 e. The number of hydrogen-bond donors (Lipinski definition) is 1. The van der Waals surface area contributed by atoms with Crippen LogP contribution in [0.1, 0.15) is 17.0 Å². The summed E-state index contributed by atoms with van der Waals surface area (Å²) in [6, 6.07) is 19.4. The third-order valence-corrected chi connectivity index (χ3v) is 5.24. The highest BCUT2D eigenvalue weighted by Crippen LogP contribution is 2.34. The lowest BCUT2D eigenvalue weighted by Gasteiger charge is -2.09. The number of nitrogens with one attached hydrogen (secondary N) is 1. The normalized spacial score (nSPS) is 14.0. The predicted octanol–water partition coefficient (Wildman–Crippen LogP) is 3.92. The number of imidazole rings is 1. The number of rotatable bonds is 5. The fraction of sp³-hybridized carbons (Fsp3) is 0.125. The zero-order valence-corrected chi connectivity index (χ0v) is 16.5. The molecule has 1 N–H and O–H groups in total. The lowest BCUT2D eigenvalue weighted by Crippen LogP contribution is -2.21. The lowest BCUT2D eigenvalue weighted by molar-refractivity contribution is -0.122. The van der Waals surface area contributed by atoms with Crippen LogP contribution in [0, 0.1) is 0 Å². The second-order valence-corrected chi connectivity index (χ2v) is 7.26. The SMILES string of the molecule is CN1CC(c2ccncc2)=C(c2ccc(OCc3nc4ccccc4[nH]3)cc2)C1=O. The van der Waals surface area contributed by atoms with Crippen LogP contribution in [0.15, 0.2) is 73.1 Å². The highest BCUT2D eigenvalue weighted by Gasteiger charge is 2.29. The van der Waals surface area contributed by atoms with E-state index in [9.17, 15) is 4.79 Å². The molecule has 5 rings (SSSR count). The summed E-state index contributed by atoms with van der Waals surface area (Å²) in [7, 11) is 1.82. The summed E-state index contributed by atoms with van der Waals surface area (Å²) in [4.78, 5) is 26.4. The summed E-state index contributed by atoms with van der Waals surface area (Å²) in [5.41, 5.74) is 5.56. The standard InChI is InChI=1S/C24H20N4O2/c1-28-14-19(16-10-12-25-13-11-16)23(24(28)29)17-6-8-18(9-7-17)30-15-22-26-20-4-2-3-5-21(20)27-22/h2-13H,14-15H2,1H3,(H,26,27). The van der Waals surface area contributed by atoms with Crippen molar-refractivity contribution in [1.82, 2.24) is 19.9 Å². The molecule has 0 bridgehead atoms. The molecule has 1 aliphatic rings. The Morgan fingerprint density at radius 1 is 1.00 bits per heavy atom. The van der Waals surface area contributed by atoms with E-state index in [4.69, 9.17) is 4.74 Å². The third-order valence-electron chi connectivity index (χ3n) is 5.24. The number of nitrogens with zero attached hydrogens (tertiary/aromatic N) is 3. The molecule has 30 heavy (non-hydrogen) atoms. The van der Waals surface area contributed by atoms with Crippen molar-refractivity contribution >= 4 is 28.1 Å². The molecule has 0 unspecified atom stereocenters. The van der Waals surface area contributed by atoms with Gasteiger partial charge in [0.05, 0.1) is 16.6 Å². The molecule has 1 amide bonds. The van der Waals surface area contributed by atoms with Gasteiger partial charge in [0.2, 0.25) is 0 Å². The van der Waals surface area contributed by atoms with Crippen molar-refractivity contribution in [3.63, 3.8) is 0 Å². The van der Waals surface area contributed by atoms with Crippen molar-refractivity contribution in [1.29, 1.82) is 0 Å². The first kappa shape index (κ1) is 18.1. The van der Waals surface area contributed by atoms with Crippen molar-refractivity contribution in [3.05, 3.63) is 90.0 Å². The van der Waals surface area contributed by atoms with Crippen molar-refractivity contribution in [3.8, 4) is 5.75 Å². The van der Waals surface area contributed by atoms with Crippen LogP contribution in [-0.2, 0) is 11.4 Å². The Kier molecular flexibility index (Phi) is 4.52. The number of para-hydroxylation sites is 2. The number of likely N-dealkylation sites (N-methyl/N-ethyl adjacent to an activating group) is 1. The quantitative estimate of drug-likeness (QED) is 0.555. The molecular weight excluding hydrogens is 376 g/mol. The summed E-state index contributed by atoms with van der Waals surface area (Å²) >= 11 is 0. The Balaban J connectivity index is 1.37. The van der Waals surface area contributed by atoms with Crippen LogP contribution in [0.2, 0.25) is 0 Å². The van der Waals surface area contributed by atoms with Gasteiger partial charge in [0.25, 0.3) is 5.91 Å². The number of aromatic nitrogens is 3. The zero-order chi connectivity index (χ0) is 20.5. The van der Waals surface area contributed by atoms with E-state index < -0.39 is 0 Å². The summed E-state index contributed by atoms with van der Waals surface area (Å²) < 4.78 is 5.89. The molecule has 0 atom stereocenters. The third kappa shape index (κ3) is 3.33. The molecule has 3 heterocycles. The van der Waals surface area contributed by atoms with Gasteiger partial charge in [0, 0.05) is 26.0 Å². The average Bonchev–Trinajstić information content (AvgIpc) is 3.34. The monoisotopic (exact) mass is 396 g/mol. The summed E-state index contributed by atoms with van der Waals surface area (Å²) in [5.74, 6) is 1.53. The molecule has 2 aromatic carbocycles. The van der Waals surface area contributed by atoms with E-state index in [-0.39, 0.29) is 5.91 Å². The Bertz CT molecular complexity index is 1210. The minimum Gasteiger partial charge on any atom is -0.486 e. The summed E-state index contributed by atoms with van der Waals surface area (Å²) in [6.45, 7) is 0.934. The highest BCUT2D eigenvalue weighted by atomic mass is 16.5. The number of aromatic amines is 1. The molecule has 0 aliphatic carbocycles. The van der Waals surface area contributed by atoms with Crippen LogP contribution in [0.3, 0.4) is 0 Å². The van der Waals surface area contributed by atoms with Gasteiger partial charge in [-0.3, -0.25) is 9.78 Å². The van der Waals surface area contributed by atoms with Gasteiger partial charge in [-0.2, -0.15) is 0 Å². The molecule has 0 saturated heterocycles. The van der Waals surface area contributed by atoms with Crippen LogP contribution in [0.4, 0.5) is 0 Å². The van der Waals surface area contributed by atoms with Gasteiger partial charge < -0.3 is 14.6 Å². The molecule has 0 radical (unpaired) electrons. The van der Waals surface area contributed by atoms with Crippen molar-refractivity contribution < 1.29 is 9.53 Å². The van der Waals surface area contributed by atoms with E-state index in [2.05, 4.69) is 15.0 Å². The molecular formula is C24H20N4O2. The van der Waals surface area contributed by atoms with E-state index in [1.165, 1.54) is 0 Å². The molecule has 4 aromatic rings. The molecule has 2 aromatic heterocycles. The second-order valence-electron chi connectivity index (χ2n) is 7.26. The van der Waals surface area contributed by atoms with Gasteiger partial charge in [-0.05, 0) is 53.1 Å². The largest absolute Gasteiger partial charge is 0.486 e. The summed E-state index contributed by atoms with van der Waals surface area (Å²) in [5, 5.41) is 0. The molecule has 0 spiro atoms. The smallest absolute Gasteiger partial charge is 0.254 e. The Morgan fingerprint density at radius 2 is 1.77 bits per heavy atom. The number of fused-ring (bicyclic) bond motifs is 1. The first-order valence-corrected chi connectivity index (χ1v) is 9.75. The molecule has 0 fully saturated rings. The van der Waals surface area contributed by atoms with Crippen molar-refractivity contribution in [2.75, 3.05) is 13.6 Å². The van der Waals surface area contributed by atoms with Gasteiger partial charge in [0.15, 0.2) is 0 Å². The minimum absolute atomic E-state index is 0.0257. The van der Waals surface area contributed by atoms with E-state index >= 15 is 0 Å². The van der Waals surface area contributed by atoms with Gasteiger partial charge in [-0.1, -0.05) is 24.3 Å². The van der Waals surface area contributed by atoms with Crippen LogP contribution < -0.4 is 4.74 Å². The van der Waals surface area contributed by atoms with Gasteiger partial charge in [0.1, 0.15) is 18.2 Å². The Labute approximate surface area is 173 Å². The van der Waals surface area contributed by atoms with E-state index in [0.29, 0.717) is 13.2 Å². The maximum atomic E-state index is 12.8. The van der Waals surface area contributed by atoms with Crippen LogP contribution in [-0.4, -0.2) is 39.4 Å². The number of ether oxygens (including phenoxy) is 1. The second kappa shape index (κ2) is 7.48. The van der Waals surface area contributed by atoms with E-state index in [1.54, 1.807) is 17.3 Å². The Morgan fingerprint density at radius 3 is 2.53 bits per heavy atom. The maximum absolute atomic E-state index is 12.8. The number of amides is 1. The van der Waals surface area contributed by atoms with Crippen LogP contribution in [0.25, 0.3) is 22.2 Å². The fourth-order valence-electron chi connectivity index (χ4n) is 3.74. The molecule has 148 valence electrons. The Hall–Kier alpha value is -3.93. The van der Waals surface area contributed by atoms with Gasteiger partial charge >= 0.3 is 0 Å². The fourth-order valence-corrected chi connectivity index (χ4v) is 3.74. The number of pyridine rings is 1. The van der Waals surface area contributed by atoms with Gasteiger partial charge in [-0.25, -0.2) is 4.98 Å². The van der Waals surface area contributed by atoms with Crippen molar-refractivity contribution in [2.45, 2.75) is 6.61 Å². The van der Waals surface area contributed by atoms with E-state index in [1.807, 2.05) is 67.7 Å². The number of benzene rings is 2.